The van der Waals surface area contributed by atoms with Gasteiger partial charge in [0.15, 0.2) is 11.6 Å². The standard InChI is InChI=1S/C13H20F2N2O/c1-9(2)8-17(6-7-18-3)13-11(16)5-4-10(14)12(13)15/h4-5,9H,6-8,16H2,1-3H3. The predicted molar refractivity (Wildman–Crippen MR) is 69.7 cm³/mol. The summed E-state index contributed by atoms with van der Waals surface area (Å²) < 4.78 is 32.1. The molecule has 0 bridgehead atoms. The smallest absolute Gasteiger partial charge is 0.184 e. The van der Waals surface area contributed by atoms with Crippen molar-refractivity contribution < 1.29 is 13.5 Å². The number of anilines is 2. The summed E-state index contributed by atoms with van der Waals surface area (Å²) in [5, 5.41) is 0. The molecule has 0 aliphatic carbocycles. The van der Waals surface area contributed by atoms with E-state index in [1.165, 1.54) is 6.07 Å². The van der Waals surface area contributed by atoms with Crippen LogP contribution in [0.25, 0.3) is 0 Å². The molecule has 1 rings (SSSR count). The fourth-order valence-electron chi connectivity index (χ4n) is 1.81. The summed E-state index contributed by atoms with van der Waals surface area (Å²) in [7, 11) is 1.57. The highest BCUT2D eigenvalue weighted by molar-refractivity contribution is 5.68. The summed E-state index contributed by atoms with van der Waals surface area (Å²) in [4.78, 5) is 1.72. The maximum Gasteiger partial charge on any atom is 0.184 e. The zero-order valence-electron chi connectivity index (χ0n) is 11.0. The van der Waals surface area contributed by atoms with Gasteiger partial charge >= 0.3 is 0 Å². The van der Waals surface area contributed by atoms with Gasteiger partial charge in [0.1, 0.15) is 0 Å². The Balaban J connectivity index is 3.07. The van der Waals surface area contributed by atoms with Crippen LogP contribution in [0.3, 0.4) is 0 Å². The number of hydrogen-bond donors (Lipinski definition) is 1. The molecule has 1 aromatic carbocycles. The molecule has 0 radical (unpaired) electrons. The van der Waals surface area contributed by atoms with Crippen LogP contribution in [0.2, 0.25) is 0 Å². The van der Waals surface area contributed by atoms with Crippen LogP contribution in [0, 0.1) is 17.6 Å². The first-order valence-corrected chi connectivity index (χ1v) is 5.94. The Morgan fingerprint density at radius 2 is 2.00 bits per heavy atom. The Kier molecular flexibility index (Phi) is 5.34. The third-order valence-corrected chi connectivity index (χ3v) is 2.57. The third-order valence-electron chi connectivity index (χ3n) is 2.57. The molecular weight excluding hydrogens is 238 g/mol. The summed E-state index contributed by atoms with van der Waals surface area (Å²) in [5.74, 6) is -1.47. The molecule has 0 heterocycles. The average molecular weight is 258 g/mol. The van der Waals surface area contributed by atoms with Crippen LogP contribution in [0.15, 0.2) is 12.1 Å². The van der Waals surface area contributed by atoms with E-state index in [1.54, 1.807) is 12.0 Å². The van der Waals surface area contributed by atoms with Crippen molar-refractivity contribution in [2.45, 2.75) is 13.8 Å². The van der Waals surface area contributed by atoms with Crippen LogP contribution in [0.5, 0.6) is 0 Å². The summed E-state index contributed by atoms with van der Waals surface area (Å²) in [6.45, 7) is 5.51. The number of hydrogen-bond acceptors (Lipinski definition) is 3. The Morgan fingerprint density at radius 3 is 2.56 bits per heavy atom. The lowest BCUT2D eigenvalue weighted by Gasteiger charge is -2.28. The minimum absolute atomic E-state index is 0.126. The van der Waals surface area contributed by atoms with Gasteiger partial charge in [-0.3, -0.25) is 0 Å². The van der Waals surface area contributed by atoms with Crippen LogP contribution in [-0.4, -0.2) is 26.8 Å². The van der Waals surface area contributed by atoms with Crippen LogP contribution >= 0.6 is 0 Å². The van der Waals surface area contributed by atoms with E-state index in [-0.39, 0.29) is 11.4 Å². The van der Waals surface area contributed by atoms with E-state index < -0.39 is 11.6 Å². The van der Waals surface area contributed by atoms with Gasteiger partial charge in [0.05, 0.1) is 18.0 Å². The van der Waals surface area contributed by atoms with E-state index in [9.17, 15) is 8.78 Å². The zero-order chi connectivity index (χ0) is 13.7. The molecule has 0 saturated heterocycles. The molecule has 0 fully saturated rings. The van der Waals surface area contributed by atoms with Crippen LogP contribution < -0.4 is 10.6 Å². The summed E-state index contributed by atoms with van der Waals surface area (Å²) in [5.41, 5.74) is 6.12. The number of halogens is 2. The molecule has 1 aromatic rings. The molecular formula is C13H20F2N2O. The van der Waals surface area contributed by atoms with E-state index in [4.69, 9.17) is 10.5 Å². The Hall–Kier alpha value is -1.36. The van der Waals surface area contributed by atoms with Crippen molar-refractivity contribution in [3.8, 4) is 0 Å². The monoisotopic (exact) mass is 258 g/mol. The van der Waals surface area contributed by atoms with E-state index in [2.05, 4.69) is 0 Å². The van der Waals surface area contributed by atoms with Crippen molar-refractivity contribution >= 4 is 11.4 Å². The minimum Gasteiger partial charge on any atom is -0.397 e. The molecule has 18 heavy (non-hydrogen) atoms. The first-order valence-electron chi connectivity index (χ1n) is 5.94. The first kappa shape index (κ1) is 14.7. The maximum absolute atomic E-state index is 13.9. The number of nitrogen functional groups attached to an aromatic ring is 1. The second-order valence-electron chi connectivity index (χ2n) is 4.63. The van der Waals surface area contributed by atoms with Gasteiger partial charge in [-0.2, -0.15) is 0 Å². The summed E-state index contributed by atoms with van der Waals surface area (Å²) in [6, 6.07) is 2.42. The van der Waals surface area contributed by atoms with E-state index in [0.717, 1.165) is 6.07 Å². The van der Waals surface area contributed by atoms with Crippen molar-refractivity contribution in [1.82, 2.24) is 0 Å². The maximum atomic E-state index is 13.9. The van der Waals surface area contributed by atoms with Gasteiger partial charge in [-0.05, 0) is 18.1 Å². The van der Waals surface area contributed by atoms with Gasteiger partial charge in [0.25, 0.3) is 0 Å². The largest absolute Gasteiger partial charge is 0.397 e. The van der Waals surface area contributed by atoms with E-state index in [0.29, 0.717) is 25.6 Å². The second-order valence-corrected chi connectivity index (χ2v) is 4.63. The number of rotatable bonds is 6. The highest BCUT2D eigenvalue weighted by atomic mass is 19.2. The Morgan fingerprint density at radius 1 is 1.33 bits per heavy atom. The van der Waals surface area contributed by atoms with Gasteiger partial charge in [-0.1, -0.05) is 13.8 Å². The fraction of sp³-hybridized carbons (Fsp3) is 0.538. The van der Waals surface area contributed by atoms with Crippen LogP contribution in [0.1, 0.15) is 13.8 Å². The molecule has 0 aliphatic rings. The molecule has 0 aliphatic heterocycles. The predicted octanol–water partition coefficient (Wildman–Crippen LogP) is 2.66. The molecule has 0 atom stereocenters. The number of nitrogens with zero attached hydrogens (tertiary/aromatic N) is 1. The van der Waals surface area contributed by atoms with Gasteiger partial charge in [-0.15, -0.1) is 0 Å². The minimum atomic E-state index is -0.897. The number of benzene rings is 1. The number of nitrogens with two attached hydrogens (primary N) is 1. The highest BCUT2D eigenvalue weighted by Gasteiger charge is 2.19. The molecule has 0 spiro atoms. The second kappa shape index (κ2) is 6.54. The lowest BCUT2D eigenvalue weighted by atomic mass is 10.1. The Bertz CT molecular complexity index is 397. The third kappa shape index (κ3) is 3.57. The van der Waals surface area contributed by atoms with Gasteiger partial charge in [-0.25, -0.2) is 8.78 Å². The van der Waals surface area contributed by atoms with E-state index >= 15 is 0 Å². The molecule has 0 aromatic heterocycles. The SMILES string of the molecule is COCCN(CC(C)C)c1c(N)ccc(F)c1F. The van der Waals surface area contributed by atoms with Crippen LogP contribution in [0.4, 0.5) is 20.2 Å². The van der Waals surface area contributed by atoms with Gasteiger partial charge in [0, 0.05) is 20.2 Å². The molecule has 102 valence electrons. The van der Waals surface area contributed by atoms with Crippen molar-refractivity contribution in [1.29, 1.82) is 0 Å². The van der Waals surface area contributed by atoms with Crippen molar-refractivity contribution in [2.75, 3.05) is 37.4 Å². The molecule has 0 amide bonds. The van der Waals surface area contributed by atoms with Gasteiger partial charge in [0.2, 0.25) is 0 Å². The Labute approximate surface area is 107 Å². The molecule has 3 nitrogen and oxygen atoms in total. The normalized spacial score (nSPS) is 11.0. The molecule has 0 unspecified atom stereocenters. The molecule has 2 N–H and O–H groups in total. The highest BCUT2D eigenvalue weighted by Crippen LogP contribution is 2.29. The summed E-state index contributed by atoms with van der Waals surface area (Å²) >= 11 is 0. The molecule has 5 heteroatoms. The van der Waals surface area contributed by atoms with Crippen LogP contribution in [-0.2, 0) is 4.74 Å². The van der Waals surface area contributed by atoms with Crippen molar-refractivity contribution in [3.63, 3.8) is 0 Å². The van der Waals surface area contributed by atoms with Crippen molar-refractivity contribution in [2.24, 2.45) is 5.92 Å². The fourth-order valence-corrected chi connectivity index (χ4v) is 1.81. The quantitative estimate of drug-likeness (QED) is 0.797. The average Bonchev–Trinajstić information content (AvgIpc) is 2.30. The summed E-state index contributed by atoms with van der Waals surface area (Å²) in [6.07, 6.45) is 0. The lowest BCUT2D eigenvalue weighted by Crippen LogP contribution is -2.32. The van der Waals surface area contributed by atoms with Crippen molar-refractivity contribution in [3.05, 3.63) is 23.8 Å². The van der Waals surface area contributed by atoms with E-state index in [1.807, 2.05) is 13.8 Å². The number of methoxy groups -OCH3 is 1. The zero-order valence-corrected chi connectivity index (χ0v) is 11.0. The molecule has 0 saturated carbocycles. The van der Waals surface area contributed by atoms with Gasteiger partial charge < -0.3 is 15.4 Å². The lowest BCUT2D eigenvalue weighted by molar-refractivity contribution is 0.204. The number of ether oxygens (including phenoxy) is 1. The topological polar surface area (TPSA) is 38.5 Å². The first-order chi connectivity index (χ1) is 8.47.